The molecule has 3 aromatic rings. The number of aryl methyl sites for hydroxylation is 2. The molecule has 1 heterocycles. The molecule has 0 spiro atoms. The van der Waals surface area contributed by atoms with E-state index in [1.165, 1.54) is 7.11 Å². The Kier molecular flexibility index (Phi) is 3.98. The number of rotatable bonds is 3. The van der Waals surface area contributed by atoms with Gasteiger partial charge in [-0.05, 0) is 49.7 Å². The lowest BCUT2D eigenvalue weighted by Crippen LogP contribution is -2.01. The smallest absolute Gasteiger partial charge is 0.337 e. The van der Waals surface area contributed by atoms with Crippen LogP contribution in [0.1, 0.15) is 21.6 Å². The highest BCUT2D eigenvalue weighted by Crippen LogP contribution is 2.31. The molecule has 4 heteroatoms. The normalized spacial score (nSPS) is 10.6. The summed E-state index contributed by atoms with van der Waals surface area (Å²) in [6.45, 7) is 3.93. The first-order valence-corrected chi connectivity index (χ1v) is 7.31. The average molecular weight is 307 g/mol. The summed E-state index contributed by atoms with van der Waals surface area (Å²) in [4.78, 5) is 16.2. The van der Waals surface area contributed by atoms with Gasteiger partial charge in [0.05, 0.1) is 18.2 Å². The van der Waals surface area contributed by atoms with Crippen molar-refractivity contribution < 1.29 is 14.3 Å². The van der Waals surface area contributed by atoms with E-state index in [1.807, 2.05) is 44.2 Å². The van der Waals surface area contributed by atoms with Gasteiger partial charge in [-0.1, -0.05) is 12.1 Å². The maximum atomic E-state index is 11.8. The zero-order chi connectivity index (χ0) is 16.4. The molecular formula is C19H17NO3. The van der Waals surface area contributed by atoms with Crippen LogP contribution >= 0.6 is 0 Å². The van der Waals surface area contributed by atoms with Gasteiger partial charge in [0.1, 0.15) is 11.5 Å². The van der Waals surface area contributed by atoms with Crippen LogP contribution in [0.15, 0.2) is 48.5 Å². The van der Waals surface area contributed by atoms with E-state index in [4.69, 9.17) is 9.47 Å². The second-order valence-electron chi connectivity index (χ2n) is 5.40. The van der Waals surface area contributed by atoms with E-state index in [2.05, 4.69) is 4.98 Å². The first-order valence-electron chi connectivity index (χ1n) is 7.31. The molecule has 0 atom stereocenters. The number of hydrogen-bond donors (Lipinski definition) is 0. The molecule has 0 fully saturated rings. The summed E-state index contributed by atoms with van der Waals surface area (Å²) in [5.74, 6) is 1.04. The van der Waals surface area contributed by atoms with Gasteiger partial charge in [-0.2, -0.15) is 0 Å². The maximum Gasteiger partial charge on any atom is 0.337 e. The fourth-order valence-corrected chi connectivity index (χ4v) is 2.46. The van der Waals surface area contributed by atoms with Crippen molar-refractivity contribution >= 4 is 16.9 Å². The summed E-state index contributed by atoms with van der Waals surface area (Å²) in [6, 6.07) is 14.9. The second-order valence-corrected chi connectivity index (χ2v) is 5.40. The summed E-state index contributed by atoms with van der Waals surface area (Å²) >= 11 is 0. The zero-order valence-electron chi connectivity index (χ0n) is 13.3. The number of benzene rings is 2. The quantitative estimate of drug-likeness (QED) is 0.672. The van der Waals surface area contributed by atoms with Gasteiger partial charge in [0, 0.05) is 17.1 Å². The molecule has 0 amide bonds. The zero-order valence-corrected chi connectivity index (χ0v) is 13.3. The minimum atomic E-state index is -0.381. The monoisotopic (exact) mass is 307 g/mol. The van der Waals surface area contributed by atoms with Gasteiger partial charge in [-0.25, -0.2) is 4.79 Å². The number of carbonyl (C=O) groups is 1. The molecule has 0 unspecified atom stereocenters. The highest BCUT2D eigenvalue weighted by molar-refractivity contribution is 5.96. The molecule has 0 aliphatic heterocycles. The Labute approximate surface area is 134 Å². The SMILES string of the molecule is COC(=O)c1ccc2nc(C)cc(Oc3cccc(C)c3)c2c1. The predicted octanol–water partition coefficient (Wildman–Crippen LogP) is 4.43. The van der Waals surface area contributed by atoms with Gasteiger partial charge < -0.3 is 9.47 Å². The van der Waals surface area contributed by atoms with Gasteiger partial charge in [0.25, 0.3) is 0 Å². The Morgan fingerprint density at radius 3 is 2.61 bits per heavy atom. The van der Waals surface area contributed by atoms with Crippen LogP contribution < -0.4 is 4.74 Å². The second kappa shape index (κ2) is 6.08. The average Bonchev–Trinajstić information content (AvgIpc) is 2.53. The van der Waals surface area contributed by atoms with Crippen LogP contribution in [0.3, 0.4) is 0 Å². The Balaban J connectivity index is 2.12. The maximum absolute atomic E-state index is 11.8. The van der Waals surface area contributed by atoms with Gasteiger partial charge in [0.15, 0.2) is 0 Å². The minimum absolute atomic E-state index is 0.381. The van der Waals surface area contributed by atoms with E-state index >= 15 is 0 Å². The van der Waals surface area contributed by atoms with Crippen LogP contribution in [0, 0.1) is 13.8 Å². The van der Waals surface area contributed by atoms with Gasteiger partial charge in [-0.15, -0.1) is 0 Å². The van der Waals surface area contributed by atoms with Crippen LogP contribution in [-0.2, 0) is 4.74 Å². The summed E-state index contributed by atoms with van der Waals surface area (Å²) in [6.07, 6.45) is 0. The van der Waals surface area contributed by atoms with E-state index in [0.717, 1.165) is 27.9 Å². The molecule has 0 bridgehead atoms. The van der Waals surface area contributed by atoms with E-state index in [-0.39, 0.29) is 5.97 Å². The molecule has 116 valence electrons. The van der Waals surface area contributed by atoms with Crippen molar-refractivity contribution in [3.8, 4) is 11.5 Å². The molecule has 0 aliphatic rings. The molecule has 1 aromatic heterocycles. The van der Waals surface area contributed by atoms with Crippen LogP contribution in [0.25, 0.3) is 10.9 Å². The number of esters is 1. The van der Waals surface area contributed by atoms with Crippen LogP contribution in [0.4, 0.5) is 0 Å². The van der Waals surface area contributed by atoms with Gasteiger partial charge in [0.2, 0.25) is 0 Å². The number of fused-ring (bicyclic) bond motifs is 1. The Morgan fingerprint density at radius 1 is 1.04 bits per heavy atom. The summed E-state index contributed by atoms with van der Waals surface area (Å²) in [5, 5.41) is 0.778. The fourth-order valence-electron chi connectivity index (χ4n) is 2.46. The molecule has 3 rings (SSSR count). The van der Waals surface area contributed by atoms with Crippen molar-refractivity contribution in [2.75, 3.05) is 7.11 Å². The van der Waals surface area contributed by atoms with Crippen LogP contribution in [-0.4, -0.2) is 18.1 Å². The first-order chi connectivity index (χ1) is 11.1. The molecule has 4 nitrogen and oxygen atoms in total. The molecule has 0 N–H and O–H groups in total. The Morgan fingerprint density at radius 2 is 1.87 bits per heavy atom. The number of hydrogen-bond acceptors (Lipinski definition) is 4. The third-order valence-electron chi connectivity index (χ3n) is 3.54. The van der Waals surface area contributed by atoms with Crippen LogP contribution in [0.5, 0.6) is 11.5 Å². The van der Waals surface area contributed by atoms with E-state index in [1.54, 1.807) is 18.2 Å². The van der Waals surface area contributed by atoms with E-state index in [0.29, 0.717) is 11.3 Å². The lowest BCUT2D eigenvalue weighted by Gasteiger charge is -2.11. The van der Waals surface area contributed by atoms with Crippen molar-refractivity contribution in [1.29, 1.82) is 0 Å². The topological polar surface area (TPSA) is 48.4 Å². The van der Waals surface area contributed by atoms with E-state index < -0.39 is 0 Å². The standard InChI is InChI=1S/C19H17NO3/c1-12-5-4-6-15(9-12)23-18-10-13(2)20-17-8-7-14(11-16(17)18)19(21)22-3/h4-11H,1-3H3. The Hall–Kier alpha value is -2.88. The number of nitrogens with zero attached hydrogens (tertiary/aromatic N) is 1. The van der Waals surface area contributed by atoms with Crippen LogP contribution in [0.2, 0.25) is 0 Å². The molecule has 0 aliphatic carbocycles. The van der Waals surface area contributed by atoms with Gasteiger partial charge >= 0.3 is 5.97 Å². The molecule has 0 radical (unpaired) electrons. The third kappa shape index (κ3) is 3.16. The minimum Gasteiger partial charge on any atom is -0.465 e. The Bertz CT molecular complexity index is 887. The number of methoxy groups -OCH3 is 1. The summed E-state index contributed by atoms with van der Waals surface area (Å²) in [5.41, 5.74) is 3.22. The third-order valence-corrected chi connectivity index (χ3v) is 3.54. The summed E-state index contributed by atoms with van der Waals surface area (Å²) < 4.78 is 10.8. The molecule has 23 heavy (non-hydrogen) atoms. The highest BCUT2D eigenvalue weighted by atomic mass is 16.5. The van der Waals surface area contributed by atoms with Crippen molar-refractivity contribution in [2.45, 2.75) is 13.8 Å². The van der Waals surface area contributed by atoms with Crippen molar-refractivity contribution in [1.82, 2.24) is 4.98 Å². The van der Waals surface area contributed by atoms with Crippen molar-refractivity contribution in [3.05, 3.63) is 65.4 Å². The molecule has 2 aromatic carbocycles. The lowest BCUT2D eigenvalue weighted by atomic mass is 10.1. The van der Waals surface area contributed by atoms with Crippen molar-refractivity contribution in [2.24, 2.45) is 0 Å². The predicted molar refractivity (Wildman–Crippen MR) is 89.1 cm³/mol. The molecule has 0 saturated heterocycles. The molecule has 0 saturated carbocycles. The van der Waals surface area contributed by atoms with Crippen molar-refractivity contribution in [3.63, 3.8) is 0 Å². The number of aromatic nitrogens is 1. The molecular weight excluding hydrogens is 290 g/mol. The highest BCUT2D eigenvalue weighted by Gasteiger charge is 2.11. The van der Waals surface area contributed by atoms with E-state index in [9.17, 15) is 4.79 Å². The number of carbonyl (C=O) groups excluding carboxylic acids is 1. The number of pyridine rings is 1. The summed E-state index contributed by atoms with van der Waals surface area (Å²) in [7, 11) is 1.37. The lowest BCUT2D eigenvalue weighted by molar-refractivity contribution is 0.0601. The fraction of sp³-hybridized carbons (Fsp3) is 0.158. The first kappa shape index (κ1) is 15.0. The number of ether oxygens (including phenoxy) is 2. The van der Waals surface area contributed by atoms with Gasteiger partial charge in [-0.3, -0.25) is 4.98 Å². The largest absolute Gasteiger partial charge is 0.465 e.